The van der Waals surface area contributed by atoms with Gasteiger partial charge in [0.15, 0.2) is 11.6 Å². The van der Waals surface area contributed by atoms with E-state index >= 15 is 0 Å². The molecule has 0 bridgehead atoms. The Labute approximate surface area is 154 Å². The van der Waals surface area contributed by atoms with Crippen LogP contribution >= 0.6 is 0 Å². The maximum Gasteiger partial charge on any atom is 0.159 e. The van der Waals surface area contributed by atoms with Crippen LogP contribution in [0.3, 0.4) is 0 Å². The lowest BCUT2D eigenvalue weighted by atomic mass is 9.68. The van der Waals surface area contributed by atoms with Crippen molar-refractivity contribution < 1.29 is 8.78 Å². The summed E-state index contributed by atoms with van der Waals surface area (Å²) in [4.78, 5) is 0. The van der Waals surface area contributed by atoms with Crippen molar-refractivity contribution in [2.24, 2.45) is 17.8 Å². The van der Waals surface area contributed by atoms with Gasteiger partial charge in [0.1, 0.15) is 0 Å². The van der Waals surface area contributed by atoms with Gasteiger partial charge in [0, 0.05) is 9.52 Å². The number of rotatable bonds is 5. The van der Waals surface area contributed by atoms with Crippen LogP contribution in [0.5, 0.6) is 0 Å². The van der Waals surface area contributed by atoms with Crippen LogP contribution in [0.15, 0.2) is 18.2 Å². The molecule has 2 saturated carbocycles. The second kappa shape index (κ2) is 8.79. The fourth-order valence-electron chi connectivity index (χ4n) is 5.57. The van der Waals surface area contributed by atoms with Crippen LogP contribution in [-0.4, -0.2) is 9.52 Å². The molecule has 0 saturated heterocycles. The molecular weight excluding hydrogens is 330 g/mol. The van der Waals surface area contributed by atoms with E-state index in [1.807, 2.05) is 0 Å². The van der Waals surface area contributed by atoms with Crippen molar-refractivity contribution in [2.75, 3.05) is 0 Å². The second-order valence-electron chi connectivity index (χ2n) is 8.73. The summed E-state index contributed by atoms with van der Waals surface area (Å²) in [6.45, 7) is 4.87. The van der Waals surface area contributed by atoms with Gasteiger partial charge in [-0.05, 0) is 79.9 Å². The molecule has 1 aromatic rings. The first-order valence-electron chi connectivity index (χ1n) is 10.5. The average molecular weight is 365 g/mol. The quantitative estimate of drug-likeness (QED) is 0.526. The predicted molar refractivity (Wildman–Crippen MR) is 105 cm³/mol. The first-order chi connectivity index (χ1) is 12.1. The van der Waals surface area contributed by atoms with Gasteiger partial charge in [0.2, 0.25) is 0 Å². The molecule has 3 heteroatoms. The Balaban J connectivity index is 1.47. The zero-order valence-corrected chi connectivity index (χ0v) is 17.4. The van der Waals surface area contributed by atoms with Gasteiger partial charge >= 0.3 is 0 Å². The van der Waals surface area contributed by atoms with E-state index in [0.29, 0.717) is 5.92 Å². The largest absolute Gasteiger partial charge is 0.204 e. The summed E-state index contributed by atoms with van der Waals surface area (Å²) < 4.78 is 26.6. The van der Waals surface area contributed by atoms with E-state index < -0.39 is 11.6 Å². The Kier molecular flexibility index (Phi) is 6.71. The minimum Gasteiger partial charge on any atom is -0.204 e. The number of halogens is 2. The van der Waals surface area contributed by atoms with Crippen LogP contribution in [0.2, 0.25) is 11.6 Å². The Bertz CT molecular complexity index is 543. The molecule has 0 spiro atoms. The lowest BCUT2D eigenvalue weighted by molar-refractivity contribution is 0.158. The Morgan fingerprint density at radius 1 is 0.920 bits per heavy atom. The van der Waals surface area contributed by atoms with Crippen molar-refractivity contribution in [1.29, 1.82) is 0 Å². The highest BCUT2D eigenvalue weighted by Gasteiger charge is 2.32. The Morgan fingerprint density at radius 2 is 1.52 bits per heavy atom. The topological polar surface area (TPSA) is 0 Å². The third kappa shape index (κ3) is 4.72. The van der Waals surface area contributed by atoms with Crippen LogP contribution in [0.25, 0.3) is 0 Å². The number of hydrogen-bond donors (Lipinski definition) is 0. The lowest BCUT2D eigenvalue weighted by Gasteiger charge is -2.39. The third-order valence-electron chi connectivity index (χ3n) is 7.22. The van der Waals surface area contributed by atoms with Gasteiger partial charge in [-0.3, -0.25) is 0 Å². The van der Waals surface area contributed by atoms with Crippen LogP contribution in [0.1, 0.15) is 76.7 Å². The monoisotopic (exact) mass is 364 g/mol. The van der Waals surface area contributed by atoms with E-state index in [2.05, 4.69) is 13.8 Å². The van der Waals surface area contributed by atoms with Crippen LogP contribution in [0, 0.1) is 29.4 Å². The summed E-state index contributed by atoms with van der Waals surface area (Å²) in [6, 6.07) is 5.95. The molecule has 1 unspecified atom stereocenters. The van der Waals surface area contributed by atoms with E-state index in [-0.39, 0.29) is 9.52 Å². The van der Waals surface area contributed by atoms with Gasteiger partial charge in [-0.1, -0.05) is 44.3 Å². The van der Waals surface area contributed by atoms with Gasteiger partial charge in [-0.25, -0.2) is 8.78 Å². The van der Waals surface area contributed by atoms with E-state index in [0.717, 1.165) is 41.7 Å². The van der Waals surface area contributed by atoms with E-state index in [1.165, 1.54) is 56.7 Å². The van der Waals surface area contributed by atoms with Crippen molar-refractivity contribution in [1.82, 2.24) is 0 Å². The van der Waals surface area contributed by atoms with Gasteiger partial charge in [-0.2, -0.15) is 0 Å². The normalized spacial score (nSPS) is 32.2. The summed E-state index contributed by atoms with van der Waals surface area (Å²) in [5.41, 5.74) is 2.04. The predicted octanol–water partition coefficient (Wildman–Crippen LogP) is 6.46. The molecule has 0 aromatic heterocycles. The summed E-state index contributed by atoms with van der Waals surface area (Å²) in [7, 11) is 0.161. The molecule has 3 rings (SSSR count). The molecule has 2 fully saturated rings. The standard InChI is InChI=1S/C22H34F2Si/c1-3-25-15(2)16-4-6-17(7-5-16)18-8-10-19(11-9-18)20-12-13-21(23)22(24)14-20/h12-19H,3-11,25H2,1-2H3/t15?,16-,17-,18?,19?. The smallest absolute Gasteiger partial charge is 0.159 e. The molecule has 2 aliphatic rings. The summed E-state index contributed by atoms with van der Waals surface area (Å²) in [6.07, 6.45) is 10.6. The van der Waals surface area contributed by atoms with Crippen LogP contribution < -0.4 is 0 Å². The molecule has 1 atom stereocenters. The highest BCUT2D eigenvalue weighted by Crippen LogP contribution is 2.45. The Hall–Kier alpha value is -0.703. The highest BCUT2D eigenvalue weighted by atomic mass is 28.2. The maximum atomic E-state index is 13.5. The minimum atomic E-state index is -0.727. The third-order valence-corrected chi connectivity index (χ3v) is 9.37. The van der Waals surface area contributed by atoms with Crippen molar-refractivity contribution in [3.05, 3.63) is 35.4 Å². The molecule has 0 amide bonds. The first-order valence-corrected chi connectivity index (χ1v) is 12.3. The zero-order valence-electron chi connectivity index (χ0n) is 15.9. The van der Waals surface area contributed by atoms with Crippen molar-refractivity contribution in [3.8, 4) is 0 Å². The van der Waals surface area contributed by atoms with Crippen molar-refractivity contribution >= 4 is 9.52 Å². The number of benzene rings is 1. The van der Waals surface area contributed by atoms with E-state index in [9.17, 15) is 8.78 Å². The molecule has 0 N–H and O–H groups in total. The van der Waals surface area contributed by atoms with Gasteiger partial charge in [-0.15, -0.1) is 0 Å². The van der Waals surface area contributed by atoms with Crippen molar-refractivity contribution in [2.45, 2.75) is 82.7 Å². The van der Waals surface area contributed by atoms with Gasteiger partial charge in [0.05, 0.1) is 0 Å². The molecule has 140 valence electrons. The van der Waals surface area contributed by atoms with Gasteiger partial charge < -0.3 is 0 Å². The molecule has 2 aliphatic carbocycles. The van der Waals surface area contributed by atoms with E-state index in [1.54, 1.807) is 6.07 Å². The number of hydrogen-bond acceptors (Lipinski definition) is 0. The molecule has 0 radical (unpaired) electrons. The Morgan fingerprint density at radius 3 is 2.08 bits per heavy atom. The molecule has 1 aromatic carbocycles. The molecule has 0 nitrogen and oxygen atoms in total. The molecule has 0 aliphatic heterocycles. The minimum absolute atomic E-state index is 0.161. The van der Waals surface area contributed by atoms with Crippen LogP contribution in [-0.2, 0) is 0 Å². The summed E-state index contributed by atoms with van der Waals surface area (Å²) >= 11 is 0. The summed E-state index contributed by atoms with van der Waals surface area (Å²) in [5.74, 6) is 1.83. The van der Waals surface area contributed by atoms with E-state index in [4.69, 9.17) is 0 Å². The van der Waals surface area contributed by atoms with Crippen LogP contribution in [0.4, 0.5) is 8.78 Å². The van der Waals surface area contributed by atoms with Gasteiger partial charge in [0.25, 0.3) is 0 Å². The zero-order chi connectivity index (χ0) is 17.8. The fourth-order valence-corrected chi connectivity index (χ4v) is 7.42. The molecular formula is C22H34F2Si. The first kappa shape index (κ1) is 19.1. The van der Waals surface area contributed by atoms with Crippen molar-refractivity contribution in [3.63, 3.8) is 0 Å². The lowest BCUT2D eigenvalue weighted by Crippen LogP contribution is -2.27. The molecule has 25 heavy (non-hydrogen) atoms. The maximum absolute atomic E-state index is 13.5. The molecule has 0 heterocycles. The highest BCUT2D eigenvalue weighted by molar-refractivity contribution is 6.37. The second-order valence-corrected chi connectivity index (χ2v) is 11.6. The summed E-state index contributed by atoms with van der Waals surface area (Å²) in [5, 5.41) is 0. The average Bonchev–Trinajstić information content (AvgIpc) is 2.64. The SMILES string of the molecule is CC[SiH2]C(C)[C@H]1CC[C@H](C2CCC(c3ccc(F)c(F)c3)CC2)CC1. The fraction of sp³-hybridized carbons (Fsp3) is 0.727.